The van der Waals surface area contributed by atoms with Gasteiger partial charge in [-0.05, 0) is 31.9 Å². The summed E-state index contributed by atoms with van der Waals surface area (Å²) in [6.45, 7) is 1.33. The number of fused-ring (bicyclic) bond motifs is 1. The standard InChI is InChI=1S/C19H20FNO5/c1-12(21-17(22)13-6-2-3-7-14(13)18(21)23)19(24)26-11-10-25-16-9-5-4-8-15(16)20/h2-5,8-9,12-14H,6-7,10-11H2,1H3. The van der Waals surface area contributed by atoms with Crippen LogP contribution in [0.1, 0.15) is 19.8 Å². The van der Waals surface area contributed by atoms with Gasteiger partial charge in [0.05, 0.1) is 11.8 Å². The van der Waals surface area contributed by atoms with Crippen LogP contribution in [-0.2, 0) is 19.1 Å². The van der Waals surface area contributed by atoms with Crippen LogP contribution in [0.25, 0.3) is 0 Å². The molecule has 3 atom stereocenters. The monoisotopic (exact) mass is 361 g/mol. The van der Waals surface area contributed by atoms with E-state index in [2.05, 4.69) is 0 Å². The molecule has 1 heterocycles. The Bertz CT molecular complexity index is 721. The summed E-state index contributed by atoms with van der Waals surface area (Å²) in [6, 6.07) is 4.92. The number of amides is 2. The summed E-state index contributed by atoms with van der Waals surface area (Å²) in [7, 11) is 0. The van der Waals surface area contributed by atoms with E-state index in [0.29, 0.717) is 12.8 Å². The number of hydrogen-bond acceptors (Lipinski definition) is 5. The van der Waals surface area contributed by atoms with Gasteiger partial charge in [-0.1, -0.05) is 24.3 Å². The number of halogens is 1. The SMILES string of the molecule is CC(C(=O)OCCOc1ccccc1F)N1C(=O)C2CC=CCC2C1=O. The average molecular weight is 361 g/mol. The van der Waals surface area contributed by atoms with Crippen molar-refractivity contribution in [3.63, 3.8) is 0 Å². The highest BCUT2D eigenvalue weighted by Crippen LogP contribution is 2.36. The van der Waals surface area contributed by atoms with Crippen LogP contribution in [-0.4, -0.2) is 41.9 Å². The molecule has 0 spiro atoms. The smallest absolute Gasteiger partial charge is 0.329 e. The lowest BCUT2D eigenvalue weighted by Crippen LogP contribution is -2.44. The van der Waals surface area contributed by atoms with Crippen molar-refractivity contribution < 1.29 is 28.2 Å². The van der Waals surface area contributed by atoms with Crippen LogP contribution < -0.4 is 4.74 Å². The van der Waals surface area contributed by atoms with Gasteiger partial charge in [-0.3, -0.25) is 14.5 Å². The van der Waals surface area contributed by atoms with Crippen molar-refractivity contribution in [1.29, 1.82) is 0 Å². The average Bonchev–Trinajstić information content (AvgIpc) is 2.90. The molecule has 138 valence electrons. The number of benzene rings is 1. The molecule has 0 radical (unpaired) electrons. The number of hydrogen-bond donors (Lipinski definition) is 0. The highest BCUT2D eigenvalue weighted by molar-refractivity contribution is 6.08. The van der Waals surface area contributed by atoms with E-state index in [4.69, 9.17) is 9.47 Å². The molecular formula is C19H20FNO5. The number of imide groups is 1. The molecule has 2 aliphatic rings. The lowest BCUT2D eigenvalue weighted by atomic mass is 9.85. The number of allylic oxidation sites excluding steroid dienone is 2. The molecule has 6 nitrogen and oxygen atoms in total. The molecule has 0 bridgehead atoms. The van der Waals surface area contributed by atoms with Crippen molar-refractivity contribution in [1.82, 2.24) is 4.90 Å². The van der Waals surface area contributed by atoms with E-state index in [0.717, 1.165) is 4.90 Å². The predicted octanol–water partition coefficient (Wildman–Crippen LogP) is 2.09. The first-order chi connectivity index (χ1) is 12.5. The summed E-state index contributed by atoms with van der Waals surface area (Å²) in [5, 5.41) is 0. The normalized spacial score (nSPS) is 22.9. The van der Waals surface area contributed by atoms with Crippen LogP contribution in [0.5, 0.6) is 5.75 Å². The third-order valence-electron chi connectivity index (χ3n) is 4.69. The molecule has 3 rings (SSSR count). The Morgan fingerprint density at radius 3 is 2.38 bits per heavy atom. The van der Waals surface area contributed by atoms with Gasteiger partial charge in [0, 0.05) is 0 Å². The summed E-state index contributed by atoms with van der Waals surface area (Å²) >= 11 is 0. The van der Waals surface area contributed by atoms with E-state index in [9.17, 15) is 18.8 Å². The topological polar surface area (TPSA) is 72.9 Å². The summed E-state index contributed by atoms with van der Waals surface area (Å²) in [4.78, 5) is 38.1. The van der Waals surface area contributed by atoms with E-state index >= 15 is 0 Å². The molecule has 7 heteroatoms. The number of carbonyl (C=O) groups is 3. The third kappa shape index (κ3) is 3.47. The zero-order valence-corrected chi connectivity index (χ0v) is 14.4. The number of rotatable bonds is 6. The van der Waals surface area contributed by atoms with Crippen LogP contribution in [0.4, 0.5) is 4.39 Å². The van der Waals surface area contributed by atoms with E-state index in [-0.39, 0.29) is 42.6 Å². The predicted molar refractivity (Wildman–Crippen MR) is 89.5 cm³/mol. The zero-order valence-electron chi connectivity index (χ0n) is 14.4. The Labute approximate surface area is 150 Å². The molecule has 1 aliphatic heterocycles. The maximum atomic E-state index is 13.4. The van der Waals surface area contributed by atoms with Crippen molar-refractivity contribution in [3.8, 4) is 5.75 Å². The van der Waals surface area contributed by atoms with Gasteiger partial charge < -0.3 is 9.47 Å². The summed E-state index contributed by atoms with van der Waals surface area (Å²) < 4.78 is 23.7. The molecular weight excluding hydrogens is 341 g/mol. The zero-order chi connectivity index (χ0) is 18.7. The largest absolute Gasteiger partial charge is 0.487 e. The van der Waals surface area contributed by atoms with E-state index < -0.39 is 17.8 Å². The Morgan fingerprint density at radius 2 is 1.77 bits per heavy atom. The maximum absolute atomic E-state index is 13.4. The second-order valence-corrected chi connectivity index (χ2v) is 6.32. The second kappa shape index (κ2) is 7.68. The fraction of sp³-hybridized carbons (Fsp3) is 0.421. The minimum Gasteiger partial charge on any atom is -0.487 e. The first kappa shape index (κ1) is 18.1. The van der Waals surface area contributed by atoms with E-state index in [1.807, 2.05) is 12.2 Å². The van der Waals surface area contributed by atoms with Gasteiger partial charge >= 0.3 is 5.97 Å². The van der Waals surface area contributed by atoms with E-state index in [1.54, 1.807) is 12.1 Å². The molecule has 1 fully saturated rings. The molecule has 1 aromatic rings. The van der Waals surface area contributed by atoms with Crippen molar-refractivity contribution in [3.05, 3.63) is 42.2 Å². The Hall–Kier alpha value is -2.70. The molecule has 26 heavy (non-hydrogen) atoms. The van der Waals surface area contributed by atoms with Crippen LogP contribution in [0, 0.1) is 17.7 Å². The Morgan fingerprint density at radius 1 is 1.15 bits per heavy atom. The fourth-order valence-corrected chi connectivity index (χ4v) is 3.29. The van der Waals surface area contributed by atoms with Gasteiger partial charge in [-0.2, -0.15) is 0 Å². The second-order valence-electron chi connectivity index (χ2n) is 6.32. The Kier molecular flexibility index (Phi) is 5.35. The number of esters is 1. The van der Waals surface area contributed by atoms with Gasteiger partial charge in [0.15, 0.2) is 11.6 Å². The minimum absolute atomic E-state index is 0.0313. The lowest BCUT2D eigenvalue weighted by molar-refractivity contribution is -0.158. The summed E-state index contributed by atoms with van der Waals surface area (Å²) in [5.74, 6) is -2.53. The van der Waals surface area contributed by atoms with Crippen LogP contribution in [0.15, 0.2) is 36.4 Å². The van der Waals surface area contributed by atoms with Gasteiger partial charge in [0.25, 0.3) is 0 Å². The number of ether oxygens (including phenoxy) is 2. The maximum Gasteiger partial charge on any atom is 0.329 e. The molecule has 1 aliphatic carbocycles. The van der Waals surface area contributed by atoms with Crippen molar-refractivity contribution in [2.45, 2.75) is 25.8 Å². The van der Waals surface area contributed by atoms with Crippen LogP contribution in [0.3, 0.4) is 0 Å². The van der Waals surface area contributed by atoms with Crippen molar-refractivity contribution in [2.75, 3.05) is 13.2 Å². The van der Waals surface area contributed by atoms with Crippen LogP contribution in [0.2, 0.25) is 0 Å². The van der Waals surface area contributed by atoms with Gasteiger partial charge in [-0.15, -0.1) is 0 Å². The highest BCUT2D eigenvalue weighted by Gasteiger charge is 2.50. The van der Waals surface area contributed by atoms with Gasteiger partial charge in [0.1, 0.15) is 19.3 Å². The minimum atomic E-state index is -0.992. The summed E-state index contributed by atoms with van der Waals surface area (Å²) in [6.07, 6.45) is 4.81. The van der Waals surface area contributed by atoms with Crippen molar-refractivity contribution >= 4 is 17.8 Å². The molecule has 1 aromatic carbocycles. The first-order valence-corrected chi connectivity index (χ1v) is 8.56. The van der Waals surface area contributed by atoms with Crippen LogP contribution >= 0.6 is 0 Å². The number of para-hydroxylation sites is 1. The number of likely N-dealkylation sites (tertiary alicyclic amines) is 1. The quantitative estimate of drug-likeness (QED) is 0.336. The highest BCUT2D eigenvalue weighted by atomic mass is 19.1. The molecule has 1 saturated heterocycles. The third-order valence-corrected chi connectivity index (χ3v) is 4.69. The lowest BCUT2D eigenvalue weighted by Gasteiger charge is -2.21. The first-order valence-electron chi connectivity index (χ1n) is 8.56. The number of carbonyl (C=O) groups excluding carboxylic acids is 3. The summed E-state index contributed by atoms with van der Waals surface area (Å²) in [5.41, 5.74) is 0. The fourth-order valence-electron chi connectivity index (χ4n) is 3.29. The van der Waals surface area contributed by atoms with E-state index in [1.165, 1.54) is 19.1 Å². The van der Waals surface area contributed by atoms with Crippen molar-refractivity contribution in [2.24, 2.45) is 11.8 Å². The Balaban J connectivity index is 1.51. The van der Waals surface area contributed by atoms with Gasteiger partial charge in [-0.25, -0.2) is 9.18 Å². The molecule has 2 amide bonds. The van der Waals surface area contributed by atoms with Gasteiger partial charge in [0.2, 0.25) is 11.8 Å². The molecule has 0 N–H and O–H groups in total. The molecule has 0 aromatic heterocycles. The molecule has 0 saturated carbocycles. The molecule has 3 unspecified atom stereocenters. The number of nitrogens with zero attached hydrogens (tertiary/aromatic N) is 1.